The second-order valence-corrected chi connectivity index (χ2v) is 4.82. The van der Waals surface area contributed by atoms with Gasteiger partial charge in [0.15, 0.2) is 0 Å². The molecule has 3 rings (SSSR count). The van der Waals surface area contributed by atoms with Crippen molar-refractivity contribution < 1.29 is 9.53 Å². The fraction of sp³-hybridized carbons (Fsp3) is 0.571. The van der Waals surface area contributed by atoms with Gasteiger partial charge in [-0.3, -0.25) is 0 Å². The van der Waals surface area contributed by atoms with Crippen LogP contribution in [0.15, 0.2) is 6.20 Å². The predicted molar refractivity (Wildman–Crippen MR) is 74.4 cm³/mol. The van der Waals surface area contributed by atoms with Crippen molar-refractivity contribution in [3.63, 3.8) is 0 Å². The van der Waals surface area contributed by atoms with Crippen LogP contribution in [0.3, 0.4) is 0 Å². The van der Waals surface area contributed by atoms with Gasteiger partial charge in [-0.15, -0.1) is 0 Å². The lowest BCUT2D eigenvalue weighted by atomic mass is 9.97. The molecule has 104 valence electrons. The van der Waals surface area contributed by atoms with Crippen LogP contribution < -0.4 is 10.6 Å². The Morgan fingerprint density at radius 3 is 3.00 bits per heavy atom. The molecule has 0 aromatic carbocycles. The van der Waals surface area contributed by atoms with Gasteiger partial charge in [0.1, 0.15) is 11.4 Å². The van der Waals surface area contributed by atoms with Gasteiger partial charge >= 0.3 is 5.97 Å². The molecule has 2 aliphatic rings. The maximum absolute atomic E-state index is 12.0. The molecular weight excluding hydrogens is 242 g/mol. The highest BCUT2D eigenvalue weighted by molar-refractivity contribution is 5.96. The lowest BCUT2D eigenvalue weighted by Gasteiger charge is -2.21. The lowest BCUT2D eigenvalue weighted by Crippen LogP contribution is -2.27. The zero-order valence-corrected chi connectivity index (χ0v) is 10.5. The van der Waals surface area contributed by atoms with Crippen LogP contribution in [-0.2, 0) is 17.7 Å². The van der Waals surface area contributed by atoms with E-state index in [1.807, 2.05) is 6.20 Å². The molecule has 5 nitrogen and oxygen atoms in total. The van der Waals surface area contributed by atoms with Crippen molar-refractivity contribution in [2.45, 2.75) is 39.3 Å². The van der Waals surface area contributed by atoms with Gasteiger partial charge in [-0.1, -0.05) is 7.43 Å². The highest BCUT2D eigenvalue weighted by Crippen LogP contribution is 2.29. The Bertz CT molecular complexity index is 484. The number of aromatic nitrogens is 1. The molecule has 0 spiro atoms. The zero-order valence-electron chi connectivity index (χ0n) is 10.5. The van der Waals surface area contributed by atoms with Gasteiger partial charge < -0.3 is 15.4 Å². The minimum absolute atomic E-state index is 0. The van der Waals surface area contributed by atoms with E-state index in [-0.39, 0.29) is 13.4 Å². The first kappa shape index (κ1) is 13.8. The monoisotopic (exact) mass is 263 g/mol. The number of rotatable bonds is 3. The van der Waals surface area contributed by atoms with Crippen LogP contribution in [-0.4, -0.2) is 30.6 Å². The Morgan fingerprint density at radius 1 is 1.53 bits per heavy atom. The van der Waals surface area contributed by atoms with Crippen LogP contribution in [0.5, 0.6) is 0 Å². The summed E-state index contributed by atoms with van der Waals surface area (Å²) in [6.45, 7) is 1.67. The number of carbonyl (C=O) groups is 1. The van der Waals surface area contributed by atoms with Gasteiger partial charge in [-0.05, 0) is 36.9 Å². The number of hydrogen-bond acceptors (Lipinski definition) is 5. The first-order valence-electron chi connectivity index (χ1n) is 6.36. The number of methoxy groups -OCH3 is 1. The first-order chi connectivity index (χ1) is 8.79. The molecule has 0 bridgehead atoms. The molecule has 1 saturated carbocycles. The summed E-state index contributed by atoms with van der Waals surface area (Å²) in [5.41, 5.74) is 2.81. The van der Waals surface area contributed by atoms with Crippen LogP contribution in [0, 0.1) is 0 Å². The molecule has 0 amide bonds. The van der Waals surface area contributed by atoms with Crippen molar-refractivity contribution in [2.75, 3.05) is 19.0 Å². The van der Waals surface area contributed by atoms with Gasteiger partial charge in [0.05, 0.1) is 7.11 Å². The molecule has 1 aliphatic carbocycles. The maximum Gasteiger partial charge on any atom is 0.341 e. The number of anilines is 1. The Kier molecular flexibility index (Phi) is 4.04. The summed E-state index contributed by atoms with van der Waals surface area (Å²) in [4.78, 5) is 16.4. The fourth-order valence-electron chi connectivity index (χ4n) is 2.32. The number of hydrogen-bond donors (Lipinski definition) is 2. The smallest absolute Gasteiger partial charge is 0.341 e. The predicted octanol–water partition coefficient (Wildman–Crippen LogP) is 1.72. The zero-order chi connectivity index (χ0) is 12.5. The fourth-order valence-corrected chi connectivity index (χ4v) is 2.32. The summed E-state index contributed by atoms with van der Waals surface area (Å²) in [5, 5.41) is 6.60. The van der Waals surface area contributed by atoms with E-state index < -0.39 is 0 Å². The van der Waals surface area contributed by atoms with E-state index in [4.69, 9.17) is 4.74 Å². The maximum atomic E-state index is 12.0. The van der Waals surface area contributed by atoms with Crippen LogP contribution in [0.25, 0.3) is 0 Å². The minimum atomic E-state index is -0.288. The van der Waals surface area contributed by atoms with Gasteiger partial charge in [0.2, 0.25) is 0 Å². The van der Waals surface area contributed by atoms with Gasteiger partial charge in [0.25, 0.3) is 0 Å². The van der Waals surface area contributed by atoms with Crippen molar-refractivity contribution in [1.29, 1.82) is 0 Å². The van der Waals surface area contributed by atoms with E-state index in [9.17, 15) is 4.79 Å². The third kappa shape index (κ3) is 2.71. The first-order valence-corrected chi connectivity index (χ1v) is 6.36. The summed E-state index contributed by atoms with van der Waals surface area (Å²) < 4.78 is 4.91. The average molecular weight is 263 g/mol. The van der Waals surface area contributed by atoms with Crippen molar-refractivity contribution >= 4 is 11.8 Å². The third-order valence-electron chi connectivity index (χ3n) is 3.45. The second kappa shape index (κ2) is 5.57. The molecule has 5 heteroatoms. The second-order valence-electron chi connectivity index (χ2n) is 4.82. The highest BCUT2D eigenvalue weighted by Gasteiger charge is 2.27. The largest absolute Gasteiger partial charge is 0.465 e. The molecule has 19 heavy (non-hydrogen) atoms. The molecule has 0 saturated heterocycles. The quantitative estimate of drug-likeness (QED) is 0.813. The topological polar surface area (TPSA) is 63.2 Å². The van der Waals surface area contributed by atoms with Gasteiger partial charge in [-0.2, -0.15) is 0 Å². The van der Waals surface area contributed by atoms with Crippen LogP contribution >= 0.6 is 0 Å². The molecule has 2 heterocycles. The number of nitrogens with one attached hydrogen (secondary N) is 2. The molecule has 1 aromatic heterocycles. The Morgan fingerprint density at radius 2 is 2.32 bits per heavy atom. The molecule has 1 aliphatic heterocycles. The van der Waals surface area contributed by atoms with Crippen LogP contribution in [0.4, 0.5) is 5.82 Å². The summed E-state index contributed by atoms with van der Waals surface area (Å²) >= 11 is 0. The Balaban J connectivity index is 0.00000133. The average Bonchev–Trinajstić information content (AvgIpc) is 3.21. The van der Waals surface area contributed by atoms with Crippen molar-refractivity contribution in [1.82, 2.24) is 10.3 Å². The lowest BCUT2D eigenvalue weighted by molar-refractivity contribution is 0.0600. The number of pyridine rings is 1. The van der Waals surface area contributed by atoms with E-state index >= 15 is 0 Å². The van der Waals surface area contributed by atoms with Crippen LogP contribution in [0.1, 0.15) is 41.8 Å². The van der Waals surface area contributed by atoms with E-state index in [1.165, 1.54) is 7.11 Å². The summed E-state index contributed by atoms with van der Waals surface area (Å²) in [7, 11) is 1.42. The standard InChI is InChI=1S/C13H17N3O2.CH4/c1-18-13(17)11-10-4-5-14-6-8(10)7-15-12(11)16-9-2-3-9;/h7,9,14H,2-6H2,1H3,(H,15,16);1H4. The van der Waals surface area contributed by atoms with Crippen LogP contribution in [0.2, 0.25) is 0 Å². The summed E-state index contributed by atoms with van der Waals surface area (Å²) in [6.07, 6.45) is 5.02. The summed E-state index contributed by atoms with van der Waals surface area (Å²) in [5.74, 6) is 0.398. The Labute approximate surface area is 113 Å². The summed E-state index contributed by atoms with van der Waals surface area (Å²) in [6, 6.07) is 0.473. The molecule has 1 fully saturated rings. The van der Waals surface area contributed by atoms with Crippen molar-refractivity contribution in [3.8, 4) is 0 Å². The van der Waals surface area contributed by atoms with E-state index in [1.54, 1.807) is 0 Å². The molecule has 0 unspecified atom stereocenters. The number of nitrogens with zero attached hydrogens (tertiary/aromatic N) is 1. The van der Waals surface area contributed by atoms with E-state index in [2.05, 4.69) is 15.6 Å². The van der Waals surface area contributed by atoms with Gasteiger partial charge in [0, 0.05) is 18.8 Å². The third-order valence-corrected chi connectivity index (χ3v) is 3.45. The van der Waals surface area contributed by atoms with Gasteiger partial charge in [-0.25, -0.2) is 9.78 Å². The number of esters is 1. The molecule has 0 radical (unpaired) electrons. The van der Waals surface area contributed by atoms with Crippen molar-refractivity contribution in [3.05, 3.63) is 22.9 Å². The molecule has 0 atom stereocenters. The number of ether oxygens (including phenoxy) is 1. The Hall–Kier alpha value is -1.62. The van der Waals surface area contributed by atoms with E-state index in [0.29, 0.717) is 17.4 Å². The number of fused-ring (bicyclic) bond motifs is 1. The molecular formula is C14H21N3O2. The van der Waals surface area contributed by atoms with E-state index in [0.717, 1.165) is 43.5 Å². The molecule has 2 N–H and O–H groups in total. The normalized spacial score (nSPS) is 17.1. The van der Waals surface area contributed by atoms with Crippen molar-refractivity contribution in [2.24, 2.45) is 0 Å². The SMILES string of the molecule is C.COC(=O)c1c(NC2CC2)ncc2c1CCNC2. The number of carbonyl (C=O) groups excluding carboxylic acids is 1. The minimum Gasteiger partial charge on any atom is -0.465 e. The molecule has 1 aromatic rings. The highest BCUT2D eigenvalue weighted by atomic mass is 16.5.